The molecule has 3 rings (SSSR count). The number of hydrogen-bond acceptors (Lipinski definition) is 1. The Bertz CT molecular complexity index is 555. The average molecular weight is 253 g/mol. The largest absolute Gasteiger partial charge is 0.382 e. The van der Waals surface area contributed by atoms with Gasteiger partial charge in [0.05, 0.1) is 0 Å². The normalized spacial score (nSPS) is 27.4. The molecule has 3 unspecified atom stereocenters. The van der Waals surface area contributed by atoms with Crippen LogP contribution in [0.4, 0.5) is 5.69 Å². The molecule has 1 fully saturated rings. The Morgan fingerprint density at radius 2 is 1.74 bits per heavy atom. The smallest absolute Gasteiger partial charge is 0.0422 e. The lowest BCUT2D eigenvalue weighted by atomic mass is 9.80. The zero-order valence-electron chi connectivity index (χ0n) is 11.9. The standard InChI is InChI=1S/C18H23N/c1-13-10-11-14(2)18(12-13)19-17-9-5-7-15-6-3-4-8-16(15)17/h3-9,13-14,18-19H,10-12H2,1-2H3. The highest BCUT2D eigenvalue weighted by Crippen LogP contribution is 2.32. The summed E-state index contributed by atoms with van der Waals surface area (Å²) in [6.07, 6.45) is 4.03. The minimum absolute atomic E-state index is 0.620. The number of fused-ring (bicyclic) bond motifs is 1. The Hall–Kier alpha value is -1.50. The molecule has 1 aliphatic rings. The molecule has 0 saturated heterocycles. The third-order valence-corrected chi connectivity index (χ3v) is 4.59. The fourth-order valence-corrected chi connectivity index (χ4v) is 3.28. The van der Waals surface area contributed by atoms with Gasteiger partial charge < -0.3 is 5.32 Å². The molecule has 3 atom stereocenters. The van der Waals surface area contributed by atoms with Gasteiger partial charge in [0.15, 0.2) is 0 Å². The summed E-state index contributed by atoms with van der Waals surface area (Å²) in [6.45, 7) is 4.76. The predicted octanol–water partition coefficient (Wildman–Crippen LogP) is 5.08. The van der Waals surface area contributed by atoms with Gasteiger partial charge in [-0.15, -0.1) is 0 Å². The summed E-state index contributed by atoms with van der Waals surface area (Å²) in [5.41, 5.74) is 1.30. The highest BCUT2D eigenvalue weighted by Gasteiger charge is 2.25. The first-order chi connectivity index (χ1) is 9.24. The SMILES string of the molecule is CC1CCC(C)C(Nc2cccc3ccccc23)C1. The Balaban J connectivity index is 1.88. The van der Waals surface area contributed by atoms with Crippen molar-refractivity contribution in [1.29, 1.82) is 0 Å². The second-order valence-corrected chi connectivity index (χ2v) is 6.17. The van der Waals surface area contributed by atoms with Crippen LogP contribution in [0.2, 0.25) is 0 Å². The molecule has 0 aromatic heterocycles. The molecule has 1 N–H and O–H groups in total. The summed E-state index contributed by atoms with van der Waals surface area (Å²) in [7, 11) is 0. The van der Waals surface area contributed by atoms with E-state index in [9.17, 15) is 0 Å². The van der Waals surface area contributed by atoms with Crippen molar-refractivity contribution in [2.24, 2.45) is 11.8 Å². The Morgan fingerprint density at radius 3 is 2.63 bits per heavy atom. The topological polar surface area (TPSA) is 12.0 Å². The fraction of sp³-hybridized carbons (Fsp3) is 0.444. The lowest BCUT2D eigenvalue weighted by Crippen LogP contribution is -2.33. The van der Waals surface area contributed by atoms with Crippen LogP contribution in [-0.4, -0.2) is 6.04 Å². The molecule has 0 spiro atoms. The van der Waals surface area contributed by atoms with E-state index in [-0.39, 0.29) is 0 Å². The monoisotopic (exact) mass is 253 g/mol. The maximum absolute atomic E-state index is 3.80. The molecule has 0 aliphatic heterocycles. The lowest BCUT2D eigenvalue weighted by Gasteiger charge is -2.34. The van der Waals surface area contributed by atoms with Crippen LogP contribution in [0.25, 0.3) is 10.8 Å². The molecule has 0 bridgehead atoms. The van der Waals surface area contributed by atoms with Crippen molar-refractivity contribution < 1.29 is 0 Å². The Kier molecular flexibility index (Phi) is 3.46. The second-order valence-electron chi connectivity index (χ2n) is 6.17. The minimum Gasteiger partial charge on any atom is -0.382 e. The van der Waals surface area contributed by atoms with E-state index in [2.05, 4.69) is 61.6 Å². The molecular formula is C18H23N. The van der Waals surface area contributed by atoms with E-state index < -0.39 is 0 Å². The fourth-order valence-electron chi connectivity index (χ4n) is 3.28. The number of hydrogen-bond donors (Lipinski definition) is 1. The van der Waals surface area contributed by atoms with Crippen molar-refractivity contribution in [3.63, 3.8) is 0 Å². The summed E-state index contributed by atoms with van der Waals surface area (Å²) < 4.78 is 0. The molecule has 0 heterocycles. The molecule has 19 heavy (non-hydrogen) atoms. The molecule has 2 aromatic rings. The van der Waals surface area contributed by atoms with Gasteiger partial charge in [-0.1, -0.05) is 56.7 Å². The number of anilines is 1. The lowest BCUT2D eigenvalue weighted by molar-refractivity contribution is 0.281. The zero-order valence-corrected chi connectivity index (χ0v) is 11.9. The van der Waals surface area contributed by atoms with Gasteiger partial charge in [-0.3, -0.25) is 0 Å². The predicted molar refractivity (Wildman–Crippen MR) is 83.5 cm³/mol. The van der Waals surface area contributed by atoms with E-state index in [1.807, 2.05) is 0 Å². The van der Waals surface area contributed by atoms with Crippen molar-refractivity contribution in [3.8, 4) is 0 Å². The first-order valence-corrected chi connectivity index (χ1v) is 7.48. The van der Waals surface area contributed by atoms with Crippen LogP contribution >= 0.6 is 0 Å². The van der Waals surface area contributed by atoms with E-state index in [0.29, 0.717) is 6.04 Å². The van der Waals surface area contributed by atoms with E-state index in [0.717, 1.165) is 11.8 Å². The van der Waals surface area contributed by atoms with Gasteiger partial charge >= 0.3 is 0 Å². The quantitative estimate of drug-likeness (QED) is 0.787. The van der Waals surface area contributed by atoms with Crippen molar-refractivity contribution in [3.05, 3.63) is 42.5 Å². The van der Waals surface area contributed by atoms with Crippen LogP contribution in [0.15, 0.2) is 42.5 Å². The summed E-state index contributed by atoms with van der Waals surface area (Å²) in [6, 6.07) is 15.8. The third-order valence-electron chi connectivity index (χ3n) is 4.59. The van der Waals surface area contributed by atoms with E-state index >= 15 is 0 Å². The van der Waals surface area contributed by atoms with E-state index in [1.165, 1.54) is 35.7 Å². The first kappa shape index (κ1) is 12.5. The van der Waals surface area contributed by atoms with E-state index in [4.69, 9.17) is 0 Å². The van der Waals surface area contributed by atoms with Gasteiger partial charge in [-0.25, -0.2) is 0 Å². The summed E-state index contributed by atoms with van der Waals surface area (Å²) >= 11 is 0. The summed E-state index contributed by atoms with van der Waals surface area (Å²) in [4.78, 5) is 0. The van der Waals surface area contributed by atoms with Crippen LogP contribution in [0.3, 0.4) is 0 Å². The van der Waals surface area contributed by atoms with Crippen molar-refractivity contribution in [2.45, 2.75) is 39.2 Å². The van der Waals surface area contributed by atoms with Gasteiger partial charge in [0.2, 0.25) is 0 Å². The molecular weight excluding hydrogens is 230 g/mol. The molecule has 1 heteroatoms. The van der Waals surface area contributed by atoms with Gasteiger partial charge in [-0.05, 0) is 36.1 Å². The van der Waals surface area contributed by atoms with Crippen LogP contribution in [0, 0.1) is 11.8 Å². The maximum Gasteiger partial charge on any atom is 0.0422 e. The molecule has 1 nitrogen and oxygen atoms in total. The highest BCUT2D eigenvalue weighted by molar-refractivity contribution is 5.93. The summed E-state index contributed by atoms with van der Waals surface area (Å²) in [5.74, 6) is 1.62. The van der Waals surface area contributed by atoms with Crippen molar-refractivity contribution in [2.75, 3.05) is 5.32 Å². The zero-order chi connectivity index (χ0) is 13.2. The molecule has 100 valence electrons. The van der Waals surface area contributed by atoms with Crippen LogP contribution in [-0.2, 0) is 0 Å². The number of benzene rings is 2. The van der Waals surface area contributed by atoms with Gasteiger partial charge in [-0.2, -0.15) is 0 Å². The summed E-state index contributed by atoms with van der Waals surface area (Å²) in [5, 5.41) is 6.47. The van der Waals surface area contributed by atoms with Gasteiger partial charge in [0.1, 0.15) is 0 Å². The maximum atomic E-state index is 3.80. The Morgan fingerprint density at radius 1 is 0.947 bits per heavy atom. The number of nitrogens with one attached hydrogen (secondary N) is 1. The van der Waals surface area contributed by atoms with E-state index in [1.54, 1.807) is 0 Å². The van der Waals surface area contributed by atoms with Gasteiger partial charge in [0.25, 0.3) is 0 Å². The molecule has 0 amide bonds. The van der Waals surface area contributed by atoms with Crippen molar-refractivity contribution >= 4 is 16.5 Å². The Labute approximate surface area is 116 Å². The average Bonchev–Trinajstić information content (AvgIpc) is 2.43. The molecule has 0 radical (unpaired) electrons. The molecule has 2 aromatic carbocycles. The minimum atomic E-state index is 0.620. The third kappa shape index (κ3) is 2.60. The number of rotatable bonds is 2. The highest BCUT2D eigenvalue weighted by atomic mass is 14.9. The van der Waals surface area contributed by atoms with Gasteiger partial charge in [0, 0.05) is 17.1 Å². The first-order valence-electron chi connectivity index (χ1n) is 7.48. The van der Waals surface area contributed by atoms with Crippen LogP contribution < -0.4 is 5.32 Å². The molecule has 1 saturated carbocycles. The van der Waals surface area contributed by atoms with Crippen molar-refractivity contribution in [1.82, 2.24) is 0 Å². The second kappa shape index (κ2) is 5.24. The van der Waals surface area contributed by atoms with Crippen LogP contribution in [0.1, 0.15) is 33.1 Å². The molecule has 1 aliphatic carbocycles. The van der Waals surface area contributed by atoms with Crippen LogP contribution in [0.5, 0.6) is 0 Å².